The monoisotopic (exact) mass is 506 g/mol. The molecular formula is C19H14F8N8. The highest BCUT2D eigenvalue weighted by molar-refractivity contribution is 5.59. The Morgan fingerprint density at radius 2 is 1.57 bits per heavy atom. The summed E-state index contributed by atoms with van der Waals surface area (Å²) in [4.78, 5) is 21.6. The first-order valence-electron chi connectivity index (χ1n) is 9.90. The van der Waals surface area contributed by atoms with E-state index in [1.807, 2.05) is 0 Å². The van der Waals surface area contributed by atoms with Crippen LogP contribution in [0.3, 0.4) is 0 Å². The number of halogens is 8. The number of anilines is 3. The molecule has 0 amide bonds. The molecule has 0 radical (unpaired) electrons. The van der Waals surface area contributed by atoms with Gasteiger partial charge < -0.3 is 10.6 Å². The molecule has 4 rings (SSSR count). The summed E-state index contributed by atoms with van der Waals surface area (Å²) in [7, 11) is 0. The van der Waals surface area contributed by atoms with Crippen LogP contribution in [0.4, 0.5) is 52.7 Å². The molecule has 0 aromatic carbocycles. The molecule has 3 aromatic rings. The Morgan fingerprint density at radius 3 is 2.23 bits per heavy atom. The average Bonchev–Trinajstić information content (AvgIpc) is 3.10. The molecule has 0 spiro atoms. The zero-order valence-corrected chi connectivity index (χ0v) is 17.3. The van der Waals surface area contributed by atoms with Gasteiger partial charge in [-0.05, 0) is 24.6 Å². The molecule has 186 valence electrons. The predicted molar refractivity (Wildman–Crippen MR) is 105 cm³/mol. The van der Waals surface area contributed by atoms with Crippen LogP contribution >= 0.6 is 0 Å². The van der Waals surface area contributed by atoms with Crippen LogP contribution in [-0.4, -0.2) is 41.9 Å². The molecule has 0 unspecified atom stereocenters. The van der Waals surface area contributed by atoms with Crippen LogP contribution in [-0.2, 0) is 12.4 Å². The molecule has 3 aromatic heterocycles. The van der Waals surface area contributed by atoms with Gasteiger partial charge in [-0.15, -0.1) is 0 Å². The molecule has 0 saturated heterocycles. The molecule has 0 bridgehead atoms. The minimum absolute atomic E-state index is 0.0712. The number of nitrogens with one attached hydrogen (secondary N) is 2. The summed E-state index contributed by atoms with van der Waals surface area (Å²) < 4.78 is 105. The Bertz CT molecular complexity index is 1210. The Kier molecular flexibility index (Phi) is 6.14. The van der Waals surface area contributed by atoms with Crippen LogP contribution in [0.25, 0.3) is 11.5 Å². The third kappa shape index (κ3) is 6.05. The molecule has 1 fully saturated rings. The smallest absolute Gasteiger partial charge is 0.351 e. The lowest BCUT2D eigenvalue weighted by Crippen LogP contribution is -2.21. The topological polar surface area (TPSA) is 101 Å². The number of rotatable bonds is 5. The second-order valence-corrected chi connectivity index (χ2v) is 7.56. The molecule has 1 atom stereocenters. The lowest BCUT2D eigenvalue weighted by atomic mass is 10.2. The summed E-state index contributed by atoms with van der Waals surface area (Å²) in [5.74, 6) is -5.42. The molecule has 16 heteroatoms. The van der Waals surface area contributed by atoms with E-state index < -0.39 is 48.1 Å². The van der Waals surface area contributed by atoms with Crippen molar-refractivity contribution in [2.24, 2.45) is 0 Å². The van der Waals surface area contributed by atoms with Crippen molar-refractivity contribution in [1.29, 1.82) is 0 Å². The van der Waals surface area contributed by atoms with Crippen molar-refractivity contribution < 1.29 is 35.1 Å². The van der Waals surface area contributed by atoms with Crippen LogP contribution in [0.2, 0.25) is 0 Å². The maximum atomic E-state index is 13.6. The first kappa shape index (κ1) is 24.4. The first-order chi connectivity index (χ1) is 16.3. The van der Waals surface area contributed by atoms with Crippen LogP contribution in [0.1, 0.15) is 30.8 Å². The van der Waals surface area contributed by atoms with E-state index in [0.717, 1.165) is 18.5 Å². The van der Waals surface area contributed by atoms with Crippen molar-refractivity contribution in [1.82, 2.24) is 29.9 Å². The fraction of sp³-hybridized carbons (Fsp3) is 0.368. The van der Waals surface area contributed by atoms with Crippen molar-refractivity contribution in [3.63, 3.8) is 0 Å². The van der Waals surface area contributed by atoms with E-state index >= 15 is 0 Å². The van der Waals surface area contributed by atoms with Crippen LogP contribution in [0.5, 0.6) is 0 Å². The number of nitrogens with zero attached hydrogens (tertiary/aromatic N) is 6. The zero-order valence-electron chi connectivity index (χ0n) is 17.3. The first-order valence-corrected chi connectivity index (χ1v) is 9.90. The van der Waals surface area contributed by atoms with Gasteiger partial charge in [-0.25, -0.2) is 18.7 Å². The van der Waals surface area contributed by atoms with Gasteiger partial charge >= 0.3 is 12.4 Å². The highest BCUT2D eigenvalue weighted by Gasteiger charge is 2.40. The highest BCUT2D eigenvalue weighted by atomic mass is 19.4. The summed E-state index contributed by atoms with van der Waals surface area (Å²) >= 11 is 0. The number of pyridine rings is 1. The van der Waals surface area contributed by atoms with Gasteiger partial charge in [0, 0.05) is 37.0 Å². The van der Waals surface area contributed by atoms with Crippen molar-refractivity contribution in [3.05, 3.63) is 42.1 Å². The van der Waals surface area contributed by atoms with E-state index in [9.17, 15) is 35.1 Å². The van der Waals surface area contributed by atoms with Crippen molar-refractivity contribution >= 4 is 17.6 Å². The maximum Gasteiger partial charge on any atom is 0.451 e. The lowest BCUT2D eigenvalue weighted by molar-refractivity contribution is -0.145. The van der Waals surface area contributed by atoms with Gasteiger partial charge in [0.25, 0.3) is 0 Å². The number of aromatic nitrogens is 6. The van der Waals surface area contributed by atoms with E-state index in [1.54, 1.807) is 0 Å². The van der Waals surface area contributed by atoms with E-state index in [4.69, 9.17) is 0 Å². The predicted octanol–water partition coefficient (Wildman–Crippen LogP) is 5.10. The summed E-state index contributed by atoms with van der Waals surface area (Å²) in [6, 6.07) is 2.17. The second kappa shape index (κ2) is 8.81. The van der Waals surface area contributed by atoms with Gasteiger partial charge in [-0.3, -0.25) is 4.98 Å². The van der Waals surface area contributed by atoms with E-state index in [2.05, 4.69) is 40.5 Å². The quantitative estimate of drug-likeness (QED) is 0.461. The standard InChI is InChI=1S/C19H14F8N8/c20-17(21)4-1-10(8-17)31-16-34-13(11-3-6-29-14(32-11)19(25,26)27)33-15(35-16)30-9-2-5-28-12(7-9)18(22,23)24/h2-3,5-7,10H,1,4,8H2,(H2,28,30,31,33,34,35)/t10-/m1/s1. The van der Waals surface area contributed by atoms with Crippen molar-refractivity contribution in [2.45, 2.75) is 43.6 Å². The van der Waals surface area contributed by atoms with Crippen LogP contribution < -0.4 is 10.6 Å². The Morgan fingerprint density at radius 1 is 0.857 bits per heavy atom. The van der Waals surface area contributed by atoms with E-state index in [-0.39, 0.29) is 36.1 Å². The minimum Gasteiger partial charge on any atom is -0.351 e. The summed E-state index contributed by atoms with van der Waals surface area (Å²) in [6.45, 7) is 0. The molecule has 0 aliphatic heterocycles. The van der Waals surface area contributed by atoms with Gasteiger partial charge in [-0.2, -0.15) is 41.3 Å². The Balaban J connectivity index is 1.71. The van der Waals surface area contributed by atoms with Gasteiger partial charge in [0.05, 0.1) is 0 Å². The molecule has 8 nitrogen and oxygen atoms in total. The molecule has 1 aliphatic carbocycles. The van der Waals surface area contributed by atoms with Gasteiger partial charge in [0.2, 0.25) is 23.6 Å². The third-order valence-electron chi connectivity index (χ3n) is 4.82. The average molecular weight is 506 g/mol. The Labute approximate surface area is 191 Å². The second-order valence-electron chi connectivity index (χ2n) is 7.56. The maximum absolute atomic E-state index is 13.6. The summed E-state index contributed by atoms with van der Waals surface area (Å²) in [5.41, 5.74) is -1.72. The zero-order chi connectivity index (χ0) is 25.4. The normalized spacial score (nSPS) is 17.9. The molecule has 1 aliphatic rings. The highest BCUT2D eigenvalue weighted by Crippen LogP contribution is 2.36. The van der Waals surface area contributed by atoms with Gasteiger partial charge in [0.15, 0.2) is 5.82 Å². The van der Waals surface area contributed by atoms with Crippen molar-refractivity contribution in [2.75, 3.05) is 10.6 Å². The largest absolute Gasteiger partial charge is 0.451 e. The minimum atomic E-state index is -4.87. The molecule has 1 saturated carbocycles. The fourth-order valence-electron chi connectivity index (χ4n) is 3.28. The molecule has 3 heterocycles. The van der Waals surface area contributed by atoms with Crippen LogP contribution in [0, 0.1) is 0 Å². The van der Waals surface area contributed by atoms with E-state index in [0.29, 0.717) is 6.07 Å². The molecular weight excluding hydrogens is 492 g/mol. The van der Waals surface area contributed by atoms with E-state index in [1.165, 1.54) is 6.07 Å². The number of alkyl halides is 8. The number of hydrogen-bond donors (Lipinski definition) is 2. The van der Waals surface area contributed by atoms with Crippen molar-refractivity contribution in [3.8, 4) is 11.5 Å². The third-order valence-corrected chi connectivity index (χ3v) is 4.82. The fourth-order valence-corrected chi connectivity index (χ4v) is 3.28. The van der Waals surface area contributed by atoms with Gasteiger partial charge in [-0.1, -0.05) is 0 Å². The molecule has 35 heavy (non-hydrogen) atoms. The summed E-state index contributed by atoms with van der Waals surface area (Å²) in [6.07, 6.45) is -8.74. The van der Waals surface area contributed by atoms with Crippen LogP contribution in [0.15, 0.2) is 30.6 Å². The van der Waals surface area contributed by atoms with Gasteiger partial charge in [0.1, 0.15) is 11.4 Å². The lowest BCUT2D eigenvalue weighted by Gasteiger charge is -2.15. The molecule has 2 N–H and O–H groups in total. The summed E-state index contributed by atoms with van der Waals surface area (Å²) in [5, 5.41) is 5.17. The Hall–Kier alpha value is -3.72. The number of hydrogen-bond acceptors (Lipinski definition) is 8. The SMILES string of the molecule is FC1(F)CC[C@@H](Nc2nc(Nc3ccnc(C(F)(F)F)c3)nc(-c3ccnc(C(F)(F)F)n3)n2)C1.